The summed E-state index contributed by atoms with van der Waals surface area (Å²) in [5.41, 5.74) is -0.0582. The Hall–Kier alpha value is -2.15. The van der Waals surface area contributed by atoms with Crippen molar-refractivity contribution in [3.8, 4) is 0 Å². The molecule has 0 radical (unpaired) electrons. The van der Waals surface area contributed by atoms with E-state index in [0.29, 0.717) is 5.56 Å². The van der Waals surface area contributed by atoms with Gasteiger partial charge in [-0.05, 0) is 46.7 Å². The number of hydrogen-bond donors (Lipinski definition) is 1. The lowest BCUT2D eigenvalue weighted by Gasteiger charge is -2.35. The Bertz CT molecular complexity index is 592. The van der Waals surface area contributed by atoms with Crippen molar-refractivity contribution in [1.82, 2.24) is 10.2 Å². The van der Waals surface area contributed by atoms with E-state index in [1.807, 2.05) is 20.8 Å². The largest absolute Gasteiger partial charge is 0.444 e. The zero-order valence-corrected chi connectivity index (χ0v) is 14.4. The van der Waals surface area contributed by atoms with E-state index >= 15 is 0 Å². The number of benzene rings is 1. The lowest BCUT2D eigenvalue weighted by atomic mass is 10.0. The number of nitrogens with one attached hydrogen (secondary N) is 1. The Kier molecular flexibility index (Phi) is 5.77. The van der Waals surface area contributed by atoms with Crippen molar-refractivity contribution >= 4 is 11.8 Å². The smallest absolute Gasteiger partial charge is 0.410 e. The summed E-state index contributed by atoms with van der Waals surface area (Å²) in [6.45, 7) is 7.27. The minimum Gasteiger partial charge on any atom is -0.444 e. The summed E-state index contributed by atoms with van der Waals surface area (Å²) < 4.78 is 5.52. The van der Waals surface area contributed by atoms with Crippen LogP contribution < -0.4 is 5.32 Å². The number of para-hydroxylation sites is 1. The molecule has 1 heterocycles. The fourth-order valence-corrected chi connectivity index (χ4v) is 2.79. The normalized spacial score (nSPS) is 15.8. The molecule has 1 N–H and O–H groups in total. The predicted octanol–water partition coefficient (Wildman–Crippen LogP) is 3.08. The van der Waals surface area contributed by atoms with Crippen LogP contribution in [0.15, 0.2) is 24.3 Å². The van der Waals surface area contributed by atoms with Crippen LogP contribution in [0.2, 0.25) is 0 Å². The molecular weight excluding hydrogens is 310 g/mol. The first-order valence-electron chi connectivity index (χ1n) is 8.20. The van der Waals surface area contributed by atoms with Crippen molar-refractivity contribution < 1.29 is 14.5 Å². The molecule has 0 unspecified atom stereocenters. The van der Waals surface area contributed by atoms with E-state index in [4.69, 9.17) is 4.74 Å². The van der Waals surface area contributed by atoms with Crippen LogP contribution >= 0.6 is 0 Å². The minimum absolute atomic E-state index is 0.0147. The Morgan fingerprint density at radius 1 is 1.33 bits per heavy atom. The summed E-state index contributed by atoms with van der Waals surface area (Å²) in [6, 6.07) is 6.55. The van der Waals surface area contributed by atoms with E-state index in [1.165, 1.54) is 6.07 Å². The lowest BCUT2D eigenvalue weighted by Crippen LogP contribution is -2.47. The van der Waals surface area contributed by atoms with E-state index in [-0.39, 0.29) is 18.3 Å². The van der Waals surface area contributed by atoms with Crippen molar-refractivity contribution in [2.24, 2.45) is 0 Å². The van der Waals surface area contributed by atoms with E-state index in [9.17, 15) is 14.9 Å². The topological polar surface area (TPSA) is 84.7 Å². The maximum absolute atomic E-state index is 12.7. The summed E-state index contributed by atoms with van der Waals surface area (Å²) in [5.74, 6) is 0. The van der Waals surface area contributed by atoms with Gasteiger partial charge in [0.25, 0.3) is 5.69 Å². The van der Waals surface area contributed by atoms with Crippen molar-refractivity contribution in [2.75, 3.05) is 13.1 Å². The van der Waals surface area contributed by atoms with Gasteiger partial charge in [0.15, 0.2) is 0 Å². The van der Waals surface area contributed by atoms with Gasteiger partial charge in [0.2, 0.25) is 0 Å². The molecule has 7 heteroatoms. The number of piperidine rings is 1. The molecule has 2 rings (SSSR count). The van der Waals surface area contributed by atoms with E-state index in [2.05, 4.69) is 5.32 Å². The van der Waals surface area contributed by atoms with Crippen LogP contribution in [0.1, 0.15) is 39.2 Å². The number of carbonyl (C=O) groups is 1. The van der Waals surface area contributed by atoms with Crippen LogP contribution in [-0.4, -0.2) is 40.6 Å². The van der Waals surface area contributed by atoms with Gasteiger partial charge in [0.1, 0.15) is 5.60 Å². The molecule has 0 aromatic heterocycles. The summed E-state index contributed by atoms with van der Waals surface area (Å²) in [7, 11) is 0. The van der Waals surface area contributed by atoms with Gasteiger partial charge >= 0.3 is 6.09 Å². The average Bonchev–Trinajstić information content (AvgIpc) is 2.52. The van der Waals surface area contributed by atoms with E-state index in [1.54, 1.807) is 23.1 Å². The molecule has 0 saturated carbocycles. The van der Waals surface area contributed by atoms with Gasteiger partial charge in [0.05, 0.1) is 11.5 Å². The van der Waals surface area contributed by atoms with Gasteiger partial charge in [-0.2, -0.15) is 0 Å². The fraction of sp³-hybridized carbons (Fsp3) is 0.588. The van der Waals surface area contributed by atoms with Gasteiger partial charge in [-0.25, -0.2) is 4.79 Å². The first-order valence-corrected chi connectivity index (χ1v) is 8.20. The molecule has 7 nitrogen and oxygen atoms in total. The molecule has 24 heavy (non-hydrogen) atoms. The van der Waals surface area contributed by atoms with Crippen molar-refractivity contribution in [1.29, 1.82) is 0 Å². The molecule has 0 bridgehead atoms. The van der Waals surface area contributed by atoms with Crippen LogP contribution in [0.25, 0.3) is 0 Å². The van der Waals surface area contributed by atoms with Gasteiger partial charge in [-0.15, -0.1) is 0 Å². The molecule has 132 valence electrons. The number of rotatable bonds is 4. The van der Waals surface area contributed by atoms with Crippen molar-refractivity contribution in [3.05, 3.63) is 39.9 Å². The van der Waals surface area contributed by atoms with Crippen LogP contribution in [0.5, 0.6) is 0 Å². The Balaban J connectivity index is 2.25. The summed E-state index contributed by atoms with van der Waals surface area (Å²) in [4.78, 5) is 25.1. The highest BCUT2D eigenvalue weighted by Gasteiger charge is 2.31. The van der Waals surface area contributed by atoms with Crippen LogP contribution in [0.3, 0.4) is 0 Å². The minimum atomic E-state index is -0.606. The Morgan fingerprint density at radius 3 is 2.54 bits per heavy atom. The van der Waals surface area contributed by atoms with E-state index in [0.717, 1.165) is 25.9 Å². The summed E-state index contributed by atoms with van der Waals surface area (Å²) >= 11 is 0. The zero-order chi connectivity index (χ0) is 17.7. The number of nitro groups is 1. The van der Waals surface area contributed by atoms with Gasteiger partial charge in [-0.1, -0.05) is 18.2 Å². The number of hydrogen-bond acceptors (Lipinski definition) is 5. The zero-order valence-electron chi connectivity index (χ0n) is 14.4. The number of nitrogens with zero attached hydrogens (tertiary/aromatic N) is 2. The monoisotopic (exact) mass is 335 g/mol. The van der Waals surface area contributed by atoms with Crippen molar-refractivity contribution in [2.45, 2.75) is 51.8 Å². The Morgan fingerprint density at radius 2 is 1.96 bits per heavy atom. The maximum Gasteiger partial charge on any atom is 0.410 e. The molecule has 1 aliphatic rings. The Labute approximate surface area is 142 Å². The maximum atomic E-state index is 12.7. The molecular formula is C17H25N3O4. The summed E-state index contributed by atoms with van der Waals surface area (Å²) in [6.07, 6.45) is 1.19. The third-order valence-electron chi connectivity index (χ3n) is 3.91. The van der Waals surface area contributed by atoms with E-state index < -0.39 is 16.6 Å². The molecule has 0 atom stereocenters. The fourth-order valence-electron chi connectivity index (χ4n) is 2.79. The van der Waals surface area contributed by atoms with Crippen LogP contribution in [0, 0.1) is 10.1 Å². The van der Waals surface area contributed by atoms with Crippen molar-refractivity contribution in [3.63, 3.8) is 0 Å². The molecule has 1 aliphatic heterocycles. The second-order valence-electron chi connectivity index (χ2n) is 6.98. The van der Waals surface area contributed by atoms with Gasteiger partial charge in [-0.3, -0.25) is 10.1 Å². The summed E-state index contributed by atoms with van der Waals surface area (Å²) in [5, 5.41) is 14.5. The highest BCUT2D eigenvalue weighted by Crippen LogP contribution is 2.24. The molecule has 1 amide bonds. The highest BCUT2D eigenvalue weighted by molar-refractivity contribution is 5.69. The number of nitro benzene ring substituents is 1. The van der Waals surface area contributed by atoms with Gasteiger partial charge in [0, 0.05) is 17.7 Å². The second kappa shape index (κ2) is 7.61. The first kappa shape index (κ1) is 18.2. The number of ether oxygens (including phenoxy) is 1. The third-order valence-corrected chi connectivity index (χ3v) is 3.91. The van der Waals surface area contributed by atoms with Crippen LogP contribution in [0.4, 0.5) is 10.5 Å². The number of amides is 1. The lowest BCUT2D eigenvalue weighted by molar-refractivity contribution is -0.385. The third kappa shape index (κ3) is 4.92. The highest BCUT2D eigenvalue weighted by atomic mass is 16.6. The molecule has 1 saturated heterocycles. The molecule has 1 aromatic rings. The molecule has 0 spiro atoms. The molecule has 1 fully saturated rings. The number of carbonyl (C=O) groups excluding carboxylic acids is 1. The molecule has 0 aliphatic carbocycles. The first-order chi connectivity index (χ1) is 11.3. The standard InChI is InChI=1S/C17H25N3O4/c1-17(2,3)24-16(21)19(14-8-10-18-11-9-14)12-13-6-4-5-7-15(13)20(22)23/h4-7,14,18H,8-12H2,1-3H3. The van der Waals surface area contributed by atoms with Crippen LogP contribution in [-0.2, 0) is 11.3 Å². The average molecular weight is 335 g/mol. The quantitative estimate of drug-likeness (QED) is 0.675. The predicted molar refractivity (Wildman–Crippen MR) is 90.8 cm³/mol. The molecule has 1 aromatic carbocycles. The SMILES string of the molecule is CC(C)(C)OC(=O)N(Cc1ccccc1[N+](=O)[O-])C1CCNCC1. The second-order valence-corrected chi connectivity index (χ2v) is 6.98. The van der Waals surface area contributed by atoms with Gasteiger partial charge < -0.3 is 15.0 Å².